The number of nitro groups is 2. The van der Waals surface area contributed by atoms with E-state index in [1.54, 1.807) is 0 Å². The number of anilines is 1. The Morgan fingerprint density at radius 2 is 1.55 bits per heavy atom. The van der Waals surface area contributed by atoms with Gasteiger partial charge in [0.25, 0.3) is 11.4 Å². The van der Waals surface area contributed by atoms with Crippen molar-refractivity contribution in [3.63, 3.8) is 0 Å². The van der Waals surface area contributed by atoms with E-state index in [0.717, 1.165) is 6.07 Å². The molecule has 0 unspecified atom stereocenters. The molecule has 4 atom stereocenters. The summed E-state index contributed by atoms with van der Waals surface area (Å²) in [4.78, 5) is 33.6. The largest absolute Gasteiger partial charge is 0.465 e. The molecule has 224 valence electrons. The molecular formula is C25H42N4O9Si2. The normalized spacial score (nSPS) is 25.9. The summed E-state index contributed by atoms with van der Waals surface area (Å²) in [7, 11) is -5.84. The van der Waals surface area contributed by atoms with E-state index in [1.165, 1.54) is 12.1 Å². The van der Waals surface area contributed by atoms with E-state index >= 15 is 0 Å². The predicted molar refractivity (Wildman–Crippen MR) is 154 cm³/mol. The molecule has 1 aromatic rings. The molecule has 1 saturated heterocycles. The first kappa shape index (κ1) is 31.9. The van der Waals surface area contributed by atoms with E-state index in [2.05, 4.69) is 66.0 Å². The average molecular weight is 599 g/mol. The zero-order valence-electron chi connectivity index (χ0n) is 24.4. The average Bonchev–Trinajstić information content (AvgIpc) is 3.12. The fourth-order valence-corrected chi connectivity index (χ4v) is 17.5. The van der Waals surface area contributed by atoms with Crippen molar-refractivity contribution in [2.75, 3.05) is 11.9 Å². The number of hydrogen-bond acceptors (Lipinski definition) is 9. The van der Waals surface area contributed by atoms with Crippen LogP contribution in [0.2, 0.25) is 22.2 Å². The number of benzene rings is 1. The number of hydrogen-bond donors (Lipinski definition) is 3. The van der Waals surface area contributed by atoms with E-state index < -0.39 is 62.6 Å². The second-order valence-electron chi connectivity index (χ2n) is 12.0. The number of carbonyl (C=O) groups is 1. The maximum Gasteiger partial charge on any atom is 0.405 e. The summed E-state index contributed by atoms with van der Waals surface area (Å²) in [6.07, 6.45) is -1.45. The highest BCUT2D eigenvalue weighted by Gasteiger charge is 2.61. The zero-order valence-corrected chi connectivity index (χ0v) is 26.4. The molecule has 1 aliphatic heterocycles. The predicted octanol–water partition coefficient (Wildman–Crippen LogP) is 5.90. The minimum atomic E-state index is -3.04. The third-order valence-electron chi connectivity index (χ3n) is 8.21. The van der Waals surface area contributed by atoms with Crippen LogP contribution < -0.4 is 10.6 Å². The summed E-state index contributed by atoms with van der Waals surface area (Å²) in [6, 6.07) is 1.98. The summed E-state index contributed by atoms with van der Waals surface area (Å²) >= 11 is 0. The van der Waals surface area contributed by atoms with E-state index in [1.807, 2.05) is 0 Å². The van der Waals surface area contributed by atoms with Gasteiger partial charge < -0.3 is 28.7 Å². The second-order valence-corrected chi connectivity index (χ2v) is 20.8. The van der Waals surface area contributed by atoms with Gasteiger partial charge in [-0.3, -0.25) is 20.2 Å². The first-order chi connectivity index (χ1) is 18.6. The van der Waals surface area contributed by atoms with Gasteiger partial charge in [-0.2, -0.15) is 0 Å². The lowest BCUT2D eigenvalue weighted by atomic mass is 10.1. The van der Waals surface area contributed by atoms with Crippen LogP contribution in [0.4, 0.5) is 21.9 Å². The minimum Gasteiger partial charge on any atom is -0.465 e. The lowest BCUT2D eigenvalue weighted by molar-refractivity contribution is -0.393. The molecule has 3 N–H and O–H groups in total. The molecule has 1 aliphatic carbocycles. The molecule has 15 heteroatoms. The van der Waals surface area contributed by atoms with Gasteiger partial charge in [-0.05, 0) is 34.7 Å². The summed E-state index contributed by atoms with van der Waals surface area (Å²) < 4.78 is 21.1. The van der Waals surface area contributed by atoms with Gasteiger partial charge in [-0.1, -0.05) is 55.4 Å². The quantitative estimate of drug-likeness (QED) is 0.176. The van der Waals surface area contributed by atoms with Crippen molar-refractivity contribution in [3.8, 4) is 0 Å². The Balaban J connectivity index is 2.10. The number of carboxylic acid groups (broad SMARTS) is 1. The number of fused-ring (bicyclic) bond motifs is 1. The number of rotatable bonds is 9. The molecular weight excluding hydrogens is 556 g/mol. The fourth-order valence-electron chi connectivity index (χ4n) is 6.20. The molecule has 13 nitrogen and oxygen atoms in total. The maximum atomic E-state index is 12.0. The molecule has 0 aromatic heterocycles. The summed E-state index contributed by atoms with van der Waals surface area (Å²) in [5.74, 6) is -0.218. The molecule has 0 spiro atoms. The lowest BCUT2D eigenvalue weighted by Crippen LogP contribution is -2.66. The highest BCUT2D eigenvalue weighted by molar-refractivity contribution is 6.83. The van der Waals surface area contributed by atoms with Gasteiger partial charge in [0, 0.05) is 24.6 Å². The maximum absolute atomic E-state index is 12.0. The Morgan fingerprint density at radius 3 is 2.02 bits per heavy atom. The van der Waals surface area contributed by atoms with Crippen LogP contribution in [0.15, 0.2) is 18.2 Å². The molecule has 0 bridgehead atoms. The van der Waals surface area contributed by atoms with Crippen molar-refractivity contribution in [2.45, 2.75) is 102 Å². The van der Waals surface area contributed by atoms with E-state index in [9.17, 15) is 30.1 Å². The van der Waals surface area contributed by atoms with Gasteiger partial charge in [0.05, 0.1) is 28.1 Å². The van der Waals surface area contributed by atoms with Gasteiger partial charge in [-0.25, -0.2) is 4.79 Å². The molecule has 1 amide bonds. The van der Waals surface area contributed by atoms with Crippen LogP contribution in [0, 0.1) is 26.1 Å². The molecule has 1 heterocycles. The standard InChI is InChI=1S/C25H42N4O9Si2/c1-14(2)39(15(3)4)36-13-18-11-21(26-20-10-9-19(28(32)33)12-22(20)29(34)35)23(27-25(30)31)24(18)37-40(38-39,16(5)6)17(7)8/h9-10,12,14-18,21,23-24,26-27H,11,13H2,1-8H3,(H,30,31)/t18-,21-,23+,24-/m1/s1. The van der Waals surface area contributed by atoms with Gasteiger partial charge in [0.2, 0.25) is 0 Å². The van der Waals surface area contributed by atoms with Gasteiger partial charge >= 0.3 is 23.2 Å². The molecule has 3 rings (SSSR count). The Bertz CT molecular complexity index is 1100. The van der Waals surface area contributed by atoms with Crippen LogP contribution in [0.1, 0.15) is 61.8 Å². The molecule has 0 radical (unpaired) electrons. The van der Waals surface area contributed by atoms with Crippen LogP contribution in [0.3, 0.4) is 0 Å². The lowest BCUT2D eigenvalue weighted by Gasteiger charge is -2.52. The van der Waals surface area contributed by atoms with Crippen LogP contribution in [0.5, 0.6) is 0 Å². The van der Waals surface area contributed by atoms with Crippen LogP contribution in [-0.2, 0) is 13.0 Å². The molecule has 2 fully saturated rings. The second kappa shape index (κ2) is 12.1. The zero-order chi connectivity index (χ0) is 30.2. The third kappa shape index (κ3) is 6.02. The molecule has 1 saturated carbocycles. The number of amides is 1. The van der Waals surface area contributed by atoms with Crippen molar-refractivity contribution >= 4 is 40.3 Å². The Labute approximate surface area is 236 Å². The van der Waals surface area contributed by atoms with E-state index in [0.29, 0.717) is 13.0 Å². The van der Waals surface area contributed by atoms with Crippen molar-refractivity contribution in [2.24, 2.45) is 5.92 Å². The van der Waals surface area contributed by atoms with Gasteiger partial charge in [0.15, 0.2) is 0 Å². The first-order valence-electron chi connectivity index (χ1n) is 13.8. The van der Waals surface area contributed by atoms with Crippen molar-refractivity contribution in [1.29, 1.82) is 0 Å². The number of nitro benzene ring substituents is 2. The summed E-state index contributed by atoms with van der Waals surface area (Å²) in [5.41, 5.74) is -0.459. The van der Waals surface area contributed by atoms with E-state index in [-0.39, 0.29) is 33.8 Å². The molecule has 2 aliphatic rings. The minimum absolute atomic E-state index is 0.0347. The van der Waals surface area contributed by atoms with E-state index in [4.69, 9.17) is 13.0 Å². The smallest absolute Gasteiger partial charge is 0.405 e. The highest BCUT2D eigenvalue weighted by Crippen LogP contribution is 2.49. The van der Waals surface area contributed by atoms with Crippen molar-refractivity contribution in [3.05, 3.63) is 38.4 Å². The molecule has 40 heavy (non-hydrogen) atoms. The topological polar surface area (TPSA) is 175 Å². The van der Waals surface area contributed by atoms with Crippen LogP contribution in [-0.4, -0.2) is 63.0 Å². The number of non-ortho nitro benzene ring substituents is 1. The Morgan fingerprint density at radius 1 is 0.975 bits per heavy atom. The monoisotopic (exact) mass is 598 g/mol. The SMILES string of the molecule is CC(C)[Si]1(C(C)C)OC[C@H]2C[C@@H](Nc3ccc([N+](=O)[O-])cc3[N+](=O)[O-])[C@H](NC(=O)O)[C@@H]2O[Si](C(C)C)(C(C)C)O1. The van der Waals surface area contributed by atoms with Gasteiger partial charge in [0.1, 0.15) is 5.69 Å². The highest BCUT2D eigenvalue weighted by atomic mass is 28.5. The van der Waals surface area contributed by atoms with Crippen molar-refractivity contribution in [1.82, 2.24) is 5.32 Å². The Kier molecular flexibility index (Phi) is 9.66. The summed E-state index contributed by atoms with van der Waals surface area (Å²) in [6.45, 7) is 17.1. The first-order valence-corrected chi connectivity index (χ1v) is 17.7. The number of nitrogens with one attached hydrogen (secondary N) is 2. The molecule has 1 aromatic carbocycles. The third-order valence-corrected chi connectivity index (χ3v) is 18.5. The Hall–Kier alpha value is -2.60. The van der Waals surface area contributed by atoms with Crippen LogP contribution in [0.25, 0.3) is 0 Å². The van der Waals surface area contributed by atoms with Gasteiger partial charge in [-0.15, -0.1) is 0 Å². The summed E-state index contributed by atoms with van der Waals surface area (Å²) in [5, 5.41) is 38.5. The fraction of sp³-hybridized carbons (Fsp3) is 0.720. The number of nitrogens with zero attached hydrogens (tertiary/aromatic N) is 2. The van der Waals surface area contributed by atoms with Crippen molar-refractivity contribution < 1.29 is 32.7 Å². The van der Waals surface area contributed by atoms with Crippen LogP contribution >= 0.6 is 0 Å².